The summed E-state index contributed by atoms with van der Waals surface area (Å²) in [6, 6.07) is 8.00. The Labute approximate surface area is 119 Å². The maximum atomic E-state index is 8.84. The fourth-order valence-corrected chi connectivity index (χ4v) is 1.97. The summed E-state index contributed by atoms with van der Waals surface area (Å²) in [6.07, 6.45) is 1.49. The highest BCUT2D eigenvalue weighted by Gasteiger charge is 2.07. The molecule has 0 unspecified atom stereocenters. The number of aliphatic hydroxyl groups excluding tert-OH is 1. The van der Waals surface area contributed by atoms with Crippen LogP contribution in [0.15, 0.2) is 24.3 Å². The number of aromatic nitrogens is 3. The first-order chi connectivity index (χ1) is 9.70. The van der Waals surface area contributed by atoms with Gasteiger partial charge in [0.25, 0.3) is 0 Å². The molecule has 0 saturated heterocycles. The summed E-state index contributed by atoms with van der Waals surface area (Å²) in [4.78, 5) is 0. The first-order valence-electron chi connectivity index (χ1n) is 6.90. The van der Waals surface area contributed by atoms with E-state index in [1.165, 1.54) is 5.56 Å². The Kier molecular flexibility index (Phi) is 5.12. The van der Waals surface area contributed by atoms with Crippen LogP contribution in [0.4, 0.5) is 0 Å². The molecule has 0 spiro atoms. The molecule has 0 bridgehead atoms. The van der Waals surface area contributed by atoms with Crippen LogP contribution < -0.4 is 4.74 Å². The van der Waals surface area contributed by atoms with Crippen LogP contribution in [0.25, 0.3) is 0 Å². The lowest BCUT2D eigenvalue weighted by Crippen LogP contribution is -2.11. The fourth-order valence-electron chi connectivity index (χ4n) is 1.97. The van der Waals surface area contributed by atoms with Crippen molar-refractivity contribution in [2.45, 2.75) is 33.2 Å². The van der Waals surface area contributed by atoms with Gasteiger partial charge in [0.05, 0.1) is 17.9 Å². The van der Waals surface area contributed by atoms with Gasteiger partial charge >= 0.3 is 0 Å². The highest BCUT2D eigenvalue weighted by Crippen LogP contribution is 2.12. The minimum atomic E-state index is 0.183. The molecule has 1 aromatic carbocycles. The van der Waals surface area contributed by atoms with Crippen molar-refractivity contribution >= 4 is 0 Å². The minimum Gasteiger partial charge on any atom is -0.492 e. The van der Waals surface area contributed by atoms with E-state index in [0.29, 0.717) is 13.2 Å². The quantitative estimate of drug-likeness (QED) is 0.838. The van der Waals surface area contributed by atoms with Gasteiger partial charge in [-0.2, -0.15) is 0 Å². The first kappa shape index (κ1) is 14.5. The number of aliphatic hydroxyl groups is 1. The maximum absolute atomic E-state index is 8.84. The molecule has 108 valence electrons. The molecule has 2 rings (SSSR count). The van der Waals surface area contributed by atoms with Crippen LogP contribution in [0, 0.1) is 13.8 Å². The van der Waals surface area contributed by atoms with Crippen molar-refractivity contribution in [2.75, 3.05) is 13.2 Å². The van der Waals surface area contributed by atoms with Crippen LogP contribution in [-0.2, 0) is 13.0 Å². The smallest absolute Gasteiger partial charge is 0.119 e. The summed E-state index contributed by atoms with van der Waals surface area (Å²) in [5.74, 6) is 0.869. The number of hydrogen-bond acceptors (Lipinski definition) is 4. The summed E-state index contributed by atoms with van der Waals surface area (Å²) < 4.78 is 7.53. The SMILES string of the molecule is Cc1ccc(OCCn2nnc(CCCO)c2C)cc1. The zero-order valence-electron chi connectivity index (χ0n) is 12.0. The summed E-state index contributed by atoms with van der Waals surface area (Å²) in [7, 11) is 0. The monoisotopic (exact) mass is 275 g/mol. The molecule has 0 amide bonds. The number of ether oxygens (including phenoxy) is 1. The summed E-state index contributed by atoms with van der Waals surface area (Å²) in [5.41, 5.74) is 3.22. The van der Waals surface area contributed by atoms with Gasteiger partial charge in [0.1, 0.15) is 12.4 Å². The Morgan fingerprint density at radius 2 is 1.95 bits per heavy atom. The Balaban J connectivity index is 1.85. The highest BCUT2D eigenvalue weighted by molar-refractivity contribution is 5.26. The number of hydrogen-bond donors (Lipinski definition) is 1. The number of rotatable bonds is 7. The lowest BCUT2D eigenvalue weighted by atomic mass is 10.2. The van der Waals surface area contributed by atoms with Gasteiger partial charge in [0.2, 0.25) is 0 Å². The molecule has 1 heterocycles. The van der Waals surface area contributed by atoms with E-state index in [2.05, 4.69) is 17.2 Å². The average molecular weight is 275 g/mol. The molecular formula is C15H21N3O2. The summed E-state index contributed by atoms with van der Waals surface area (Å²) in [6.45, 7) is 5.47. The summed E-state index contributed by atoms with van der Waals surface area (Å²) >= 11 is 0. The van der Waals surface area contributed by atoms with E-state index in [-0.39, 0.29) is 6.61 Å². The van der Waals surface area contributed by atoms with Gasteiger partial charge in [0, 0.05) is 6.61 Å². The molecule has 0 radical (unpaired) electrons. The largest absolute Gasteiger partial charge is 0.492 e. The third-order valence-corrected chi connectivity index (χ3v) is 3.24. The van der Waals surface area contributed by atoms with Crippen molar-refractivity contribution < 1.29 is 9.84 Å². The van der Waals surface area contributed by atoms with Crippen LogP contribution in [0.3, 0.4) is 0 Å². The Hall–Kier alpha value is -1.88. The van der Waals surface area contributed by atoms with E-state index in [4.69, 9.17) is 9.84 Å². The zero-order chi connectivity index (χ0) is 14.4. The second-order valence-corrected chi connectivity index (χ2v) is 4.83. The standard InChI is InChI=1S/C15H21N3O2/c1-12-5-7-14(8-6-12)20-11-9-18-13(2)15(16-17-18)4-3-10-19/h5-8,19H,3-4,9-11H2,1-2H3. The van der Waals surface area contributed by atoms with Crippen LogP contribution in [0.2, 0.25) is 0 Å². The molecule has 0 saturated carbocycles. The van der Waals surface area contributed by atoms with Crippen LogP contribution in [0.1, 0.15) is 23.4 Å². The van der Waals surface area contributed by atoms with E-state index in [9.17, 15) is 0 Å². The molecule has 5 nitrogen and oxygen atoms in total. The van der Waals surface area contributed by atoms with Gasteiger partial charge in [-0.1, -0.05) is 22.9 Å². The average Bonchev–Trinajstić information content (AvgIpc) is 2.80. The third kappa shape index (κ3) is 3.81. The predicted octanol–water partition coefficient (Wildman–Crippen LogP) is 1.90. The molecule has 0 fully saturated rings. The highest BCUT2D eigenvalue weighted by atomic mass is 16.5. The van der Waals surface area contributed by atoms with Gasteiger partial charge in [-0.3, -0.25) is 0 Å². The van der Waals surface area contributed by atoms with Crippen LogP contribution >= 0.6 is 0 Å². The molecule has 0 aliphatic heterocycles. The van der Waals surface area contributed by atoms with Crippen LogP contribution in [0.5, 0.6) is 5.75 Å². The van der Waals surface area contributed by atoms with Crippen molar-refractivity contribution in [3.63, 3.8) is 0 Å². The van der Waals surface area contributed by atoms with Gasteiger partial charge < -0.3 is 9.84 Å². The second kappa shape index (κ2) is 7.05. The van der Waals surface area contributed by atoms with Gasteiger partial charge in [-0.25, -0.2) is 4.68 Å². The molecule has 20 heavy (non-hydrogen) atoms. The van der Waals surface area contributed by atoms with Crippen molar-refractivity contribution in [3.8, 4) is 5.75 Å². The summed E-state index contributed by atoms with van der Waals surface area (Å²) in [5, 5.41) is 17.1. The third-order valence-electron chi connectivity index (χ3n) is 3.24. The van der Waals surface area contributed by atoms with Gasteiger partial charge in [-0.05, 0) is 38.8 Å². The fraction of sp³-hybridized carbons (Fsp3) is 0.467. The second-order valence-electron chi connectivity index (χ2n) is 4.83. The first-order valence-corrected chi connectivity index (χ1v) is 6.90. The Bertz CT molecular complexity index is 535. The predicted molar refractivity (Wildman–Crippen MR) is 76.8 cm³/mol. The zero-order valence-corrected chi connectivity index (χ0v) is 12.0. The normalized spacial score (nSPS) is 10.8. The minimum absolute atomic E-state index is 0.183. The van der Waals surface area contributed by atoms with E-state index < -0.39 is 0 Å². The van der Waals surface area contributed by atoms with Crippen molar-refractivity contribution in [1.82, 2.24) is 15.0 Å². The molecule has 0 aliphatic rings. The number of benzene rings is 1. The molecular weight excluding hydrogens is 254 g/mol. The Morgan fingerprint density at radius 1 is 1.20 bits per heavy atom. The number of nitrogens with zero attached hydrogens (tertiary/aromatic N) is 3. The van der Waals surface area contributed by atoms with Gasteiger partial charge in [-0.15, -0.1) is 5.10 Å². The molecule has 0 atom stereocenters. The number of aryl methyl sites for hydroxylation is 2. The molecule has 1 N–H and O–H groups in total. The lowest BCUT2D eigenvalue weighted by molar-refractivity contribution is 0.287. The van der Waals surface area contributed by atoms with Crippen LogP contribution in [-0.4, -0.2) is 33.3 Å². The molecule has 2 aromatic rings. The van der Waals surface area contributed by atoms with E-state index in [1.54, 1.807) is 0 Å². The van der Waals surface area contributed by atoms with Gasteiger partial charge in [0.15, 0.2) is 0 Å². The lowest BCUT2D eigenvalue weighted by Gasteiger charge is -2.07. The molecule has 0 aliphatic carbocycles. The van der Waals surface area contributed by atoms with Crippen molar-refractivity contribution in [2.24, 2.45) is 0 Å². The maximum Gasteiger partial charge on any atom is 0.119 e. The van der Waals surface area contributed by atoms with E-state index in [1.807, 2.05) is 35.9 Å². The Morgan fingerprint density at radius 3 is 2.65 bits per heavy atom. The molecule has 1 aromatic heterocycles. The van der Waals surface area contributed by atoms with E-state index >= 15 is 0 Å². The van der Waals surface area contributed by atoms with Crippen molar-refractivity contribution in [1.29, 1.82) is 0 Å². The molecule has 5 heteroatoms. The van der Waals surface area contributed by atoms with Crippen molar-refractivity contribution in [3.05, 3.63) is 41.2 Å². The topological polar surface area (TPSA) is 60.2 Å². The van der Waals surface area contributed by atoms with E-state index in [0.717, 1.165) is 30.0 Å².